The number of anilines is 2. The van der Waals surface area contributed by atoms with Crippen LogP contribution in [-0.2, 0) is 4.74 Å². The maximum atomic E-state index is 13.6. The average molecular weight is 534 g/mol. The smallest absolute Gasteiger partial charge is 0.423 e. The lowest BCUT2D eigenvalue weighted by Gasteiger charge is -2.30. The summed E-state index contributed by atoms with van der Waals surface area (Å²) in [6, 6.07) is 1.99. The molecule has 0 bridgehead atoms. The number of carbonyl (C=O) groups is 2. The molecule has 0 aliphatic rings. The van der Waals surface area contributed by atoms with Gasteiger partial charge in [0.2, 0.25) is 0 Å². The standard InChI is InChI=1S/C22H27Cl3N4O5/c1-8-12(2)33-14-9-13(32-7)17(24)19(18(14)25)29(21(31)34-22(3,4)5)20(30)28(6)16-10-15(23)26-11-27-16/h9-12H,8H2,1-7H3. The van der Waals surface area contributed by atoms with E-state index in [0.29, 0.717) is 11.3 Å². The number of ether oxygens (including phenoxy) is 3. The van der Waals surface area contributed by atoms with Crippen LogP contribution in [0, 0.1) is 0 Å². The monoisotopic (exact) mass is 532 g/mol. The second-order valence-electron chi connectivity index (χ2n) is 8.25. The first-order valence-corrected chi connectivity index (χ1v) is 11.4. The van der Waals surface area contributed by atoms with Gasteiger partial charge in [0, 0.05) is 19.2 Å². The minimum absolute atomic E-state index is 0.0700. The first kappa shape index (κ1) is 27.8. The number of nitrogens with zero attached hydrogens (tertiary/aromatic N) is 4. The average Bonchev–Trinajstić information content (AvgIpc) is 2.76. The Morgan fingerprint density at radius 1 is 1.09 bits per heavy atom. The molecule has 0 aliphatic heterocycles. The lowest BCUT2D eigenvalue weighted by molar-refractivity contribution is 0.0594. The molecule has 0 N–H and O–H groups in total. The number of imide groups is 1. The normalized spacial score (nSPS) is 12.1. The van der Waals surface area contributed by atoms with E-state index < -0.39 is 17.7 Å². The molecular formula is C22H27Cl3N4O5. The summed E-state index contributed by atoms with van der Waals surface area (Å²) >= 11 is 19.1. The van der Waals surface area contributed by atoms with Crippen molar-refractivity contribution in [3.05, 3.63) is 33.7 Å². The van der Waals surface area contributed by atoms with Gasteiger partial charge in [-0.25, -0.2) is 19.6 Å². The van der Waals surface area contributed by atoms with E-state index in [1.54, 1.807) is 20.8 Å². The van der Waals surface area contributed by atoms with E-state index in [2.05, 4.69) is 9.97 Å². The highest BCUT2D eigenvalue weighted by molar-refractivity contribution is 6.43. The molecule has 1 aromatic carbocycles. The fourth-order valence-electron chi connectivity index (χ4n) is 2.63. The third kappa shape index (κ3) is 6.55. The molecule has 0 spiro atoms. The number of urea groups is 1. The van der Waals surface area contributed by atoms with Crippen molar-refractivity contribution in [2.24, 2.45) is 0 Å². The zero-order valence-corrected chi connectivity index (χ0v) is 22.2. The topological polar surface area (TPSA) is 94.1 Å². The highest BCUT2D eigenvalue weighted by atomic mass is 35.5. The number of hydrogen-bond donors (Lipinski definition) is 0. The van der Waals surface area contributed by atoms with Crippen LogP contribution < -0.4 is 19.3 Å². The van der Waals surface area contributed by atoms with Crippen molar-refractivity contribution < 1.29 is 23.8 Å². The maximum Gasteiger partial charge on any atom is 0.423 e. The Labute approximate surface area is 213 Å². The quantitative estimate of drug-likeness (QED) is 0.385. The van der Waals surface area contributed by atoms with Crippen molar-refractivity contribution in [3.8, 4) is 11.5 Å². The second-order valence-corrected chi connectivity index (χ2v) is 9.39. The highest BCUT2D eigenvalue weighted by Crippen LogP contribution is 2.47. The van der Waals surface area contributed by atoms with Crippen LogP contribution in [0.2, 0.25) is 15.2 Å². The summed E-state index contributed by atoms with van der Waals surface area (Å²) in [4.78, 5) is 36.5. The number of amides is 3. The van der Waals surface area contributed by atoms with E-state index in [4.69, 9.17) is 49.0 Å². The zero-order chi connectivity index (χ0) is 25.8. The first-order chi connectivity index (χ1) is 15.8. The third-order valence-electron chi connectivity index (χ3n) is 4.47. The molecule has 2 rings (SSSR count). The number of halogens is 3. The molecule has 0 aliphatic carbocycles. The van der Waals surface area contributed by atoms with Crippen LogP contribution in [0.5, 0.6) is 11.5 Å². The summed E-state index contributed by atoms with van der Waals surface area (Å²) in [5, 5.41) is -0.0492. The fourth-order valence-corrected chi connectivity index (χ4v) is 3.41. The molecule has 9 nitrogen and oxygen atoms in total. The Hall–Kier alpha value is -2.49. The van der Waals surface area contributed by atoms with Gasteiger partial charge in [-0.15, -0.1) is 0 Å². The third-order valence-corrected chi connectivity index (χ3v) is 5.41. The van der Waals surface area contributed by atoms with Crippen LogP contribution in [0.3, 0.4) is 0 Å². The molecule has 12 heteroatoms. The molecule has 1 atom stereocenters. The van der Waals surface area contributed by atoms with Gasteiger partial charge in [-0.3, -0.25) is 4.90 Å². The van der Waals surface area contributed by atoms with Gasteiger partial charge in [0.15, 0.2) is 0 Å². The van der Waals surface area contributed by atoms with Crippen molar-refractivity contribution in [1.82, 2.24) is 9.97 Å². The van der Waals surface area contributed by atoms with Gasteiger partial charge in [0.05, 0.1) is 13.2 Å². The van der Waals surface area contributed by atoms with E-state index in [1.807, 2.05) is 13.8 Å². The second kappa shape index (κ2) is 11.3. The van der Waals surface area contributed by atoms with Gasteiger partial charge in [-0.2, -0.15) is 4.90 Å². The van der Waals surface area contributed by atoms with Gasteiger partial charge in [-0.05, 0) is 34.1 Å². The van der Waals surface area contributed by atoms with Crippen LogP contribution in [0.25, 0.3) is 0 Å². The van der Waals surface area contributed by atoms with Gasteiger partial charge < -0.3 is 14.2 Å². The molecule has 186 valence electrons. The Morgan fingerprint density at radius 2 is 1.71 bits per heavy atom. The SMILES string of the molecule is CCC(C)Oc1cc(OC)c(Cl)c(N(C(=O)OC(C)(C)C)C(=O)N(C)c2cc(Cl)ncn2)c1Cl. The predicted octanol–water partition coefficient (Wildman–Crippen LogP) is 6.62. The Morgan fingerprint density at radius 3 is 2.24 bits per heavy atom. The summed E-state index contributed by atoms with van der Waals surface area (Å²) in [5.41, 5.74) is -1.09. The van der Waals surface area contributed by atoms with Crippen LogP contribution in [0.1, 0.15) is 41.0 Å². The van der Waals surface area contributed by atoms with Gasteiger partial charge in [0.1, 0.15) is 50.1 Å². The number of aromatic nitrogens is 2. The van der Waals surface area contributed by atoms with Crippen LogP contribution in [0.15, 0.2) is 18.5 Å². The van der Waals surface area contributed by atoms with E-state index in [9.17, 15) is 9.59 Å². The van der Waals surface area contributed by atoms with Crippen LogP contribution in [0.4, 0.5) is 21.1 Å². The Kier molecular flexibility index (Phi) is 9.22. The van der Waals surface area contributed by atoms with Crippen LogP contribution in [-0.4, -0.2) is 48.0 Å². The summed E-state index contributed by atoms with van der Waals surface area (Å²) in [6.07, 6.45) is 0.634. The van der Waals surface area contributed by atoms with E-state index >= 15 is 0 Å². The largest absolute Gasteiger partial charge is 0.495 e. The molecule has 34 heavy (non-hydrogen) atoms. The van der Waals surface area contributed by atoms with Gasteiger partial charge >= 0.3 is 12.1 Å². The molecule has 2 aromatic rings. The molecular weight excluding hydrogens is 507 g/mol. The molecule has 0 fully saturated rings. The van der Waals surface area contributed by atoms with Crippen molar-refractivity contribution in [1.29, 1.82) is 0 Å². The fraction of sp³-hybridized carbons (Fsp3) is 0.455. The maximum absolute atomic E-state index is 13.6. The predicted molar refractivity (Wildman–Crippen MR) is 133 cm³/mol. The summed E-state index contributed by atoms with van der Waals surface area (Å²) < 4.78 is 16.7. The highest BCUT2D eigenvalue weighted by Gasteiger charge is 2.37. The minimum atomic E-state index is -1.02. The lowest BCUT2D eigenvalue weighted by Crippen LogP contribution is -2.47. The number of benzene rings is 1. The van der Waals surface area contributed by atoms with Crippen molar-refractivity contribution in [2.45, 2.75) is 52.7 Å². The Balaban J connectivity index is 2.72. The summed E-state index contributed by atoms with van der Waals surface area (Å²) in [6.45, 7) is 8.76. The van der Waals surface area contributed by atoms with E-state index in [1.165, 1.54) is 32.6 Å². The molecule has 1 unspecified atom stereocenters. The van der Waals surface area contributed by atoms with Crippen molar-refractivity contribution >= 4 is 58.4 Å². The molecule has 0 saturated carbocycles. The Bertz CT molecular complexity index is 1060. The van der Waals surface area contributed by atoms with Gasteiger partial charge in [-0.1, -0.05) is 41.7 Å². The lowest BCUT2D eigenvalue weighted by atomic mass is 10.2. The van der Waals surface area contributed by atoms with Crippen LogP contribution >= 0.6 is 34.8 Å². The summed E-state index contributed by atoms with van der Waals surface area (Å²) in [7, 11) is 2.79. The number of carbonyl (C=O) groups excluding carboxylic acids is 2. The zero-order valence-electron chi connectivity index (χ0n) is 20.0. The minimum Gasteiger partial charge on any atom is -0.495 e. The molecule has 1 heterocycles. The molecule has 0 radical (unpaired) electrons. The van der Waals surface area contributed by atoms with E-state index in [-0.39, 0.29) is 44.3 Å². The molecule has 3 amide bonds. The van der Waals surface area contributed by atoms with Gasteiger partial charge in [0.25, 0.3) is 0 Å². The number of rotatable bonds is 6. The van der Waals surface area contributed by atoms with Crippen molar-refractivity contribution in [3.63, 3.8) is 0 Å². The van der Waals surface area contributed by atoms with E-state index in [0.717, 1.165) is 4.90 Å². The number of methoxy groups -OCH3 is 1. The first-order valence-electron chi connectivity index (χ1n) is 10.3. The molecule has 0 saturated heterocycles. The summed E-state index contributed by atoms with van der Waals surface area (Å²) in [5.74, 6) is 0.458. The number of hydrogen-bond acceptors (Lipinski definition) is 7. The van der Waals surface area contributed by atoms with Crippen molar-refractivity contribution in [2.75, 3.05) is 24.0 Å². The molecule has 1 aromatic heterocycles.